The van der Waals surface area contributed by atoms with Crippen LogP contribution in [0.4, 0.5) is 0 Å². The van der Waals surface area contributed by atoms with E-state index >= 15 is 0 Å². The number of rotatable bonds is 9. The van der Waals surface area contributed by atoms with Crippen LogP contribution in [0.15, 0.2) is 34.5 Å². The number of hydrogen-bond donors (Lipinski definition) is 7. The van der Waals surface area contributed by atoms with Gasteiger partial charge >= 0.3 is 5.97 Å². The molecule has 5 atom stereocenters. The van der Waals surface area contributed by atoms with Crippen LogP contribution in [0.25, 0.3) is 10.9 Å². The Labute approximate surface area is 196 Å². The lowest BCUT2D eigenvalue weighted by Gasteiger charge is -2.39. The zero-order valence-corrected chi connectivity index (χ0v) is 19.0. The second-order valence-electron chi connectivity index (χ2n) is 7.89. The minimum absolute atomic E-state index is 0.113. The highest BCUT2D eigenvalue weighted by molar-refractivity contribution is 5.99. The lowest BCUT2D eigenvalue weighted by Crippen LogP contribution is -2.64. The van der Waals surface area contributed by atoms with E-state index in [2.05, 4.69) is 32.7 Å². The summed E-state index contributed by atoms with van der Waals surface area (Å²) in [5, 5.41) is 47.3. The number of methoxy groups -OCH3 is 1. The highest BCUT2D eigenvalue weighted by Crippen LogP contribution is 2.23. The first-order valence-corrected chi connectivity index (χ1v) is 11.0. The fraction of sp³-hybridized carbons (Fsp3) is 0.500. The Morgan fingerprint density at radius 2 is 2.03 bits per heavy atom. The number of aromatic amines is 1. The lowest BCUT2D eigenvalue weighted by atomic mass is 9.98. The predicted molar refractivity (Wildman–Crippen MR) is 125 cm³/mol. The first-order valence-electron chi connectivity index (χ1n) is 11.0. The Bertz CT molecular complexity index is 1020. The number of aliphatic carboxylic acids is 1. The maximum atomic E-state index is 11.4. The Balaban J connectivity index is 1.75. The highest BCUT2D eigenvalue weighted by Gasteiger charge is 2.47. The molecule has 0 radical (unpaired) electrons. The molecule has 0 unspecified atom stereocenters. The van der Waals surface area contributed by atoms with E-state index in [1.807, 2.05) is 18.2 Å². The molecule has 0 saturated carbocycles. The van der Waals surface area contributed by atoms with Crippen molar-refractivity contribution in [3.8, 4) is 5.75 Å². The molecule has 1 aromatic heterocycles. The maximum absolute atomic E-state index is 11.4. The minimum atomic E-state index is -1.78. The summed E-state index contributed by atoms with van der Waals surface area (Å²) >= 11 is 0. The topological polar surface area (TPSA) is 181 Å². The minimum Gasteiger partial charge on any atom is -0.497 e. The zero-order valence-electron chi connectivity index (χ0n) is 19.0. The van der Waals surface area contributed by atoms with Crippen LogP contribution in [0.3, 0.4) is 0 Å². The molecule has 186 valence electrons. The van der Waals surface area contributed by atoms with Gasteiger partial charge in [0.15, 0.2) is 12.3 Å². The van der Waals surface area contributed by atoms with Gasteiger partial charge in [0.05, 0.1) is 13.3 Å². The van der Waals surface area contributed by atoms with E-state index in [1.54, 1.807) is 19.5 Å². The van der Waals surface area contributed by atoms with Gasteiger partial charge in [-0.25, -0.2) is 10.2 Å². The van der Waals surface area contributed by atoms with E-state index in [0.717, 1.165) is 35.7 Å². The van der Waals surface area contributed by atoms with Gasteiger partial charge in [-0.2, -0.15) is 5.10 Å². The van der Waals surface area contributed by atoms with Crippen LogP contribution < -0.4 is 15.5 Å². The molecule has 0 aliphatic carbocycles. The van der Waals surface area contributed by atoms with Gasteiger partial charge in [-0.05, 0) is 24.6 Å². The quantitative estimate of drug-likeness (QED) is 0.114. The molecule has 12 nitrogen and oxygen atoms in total. The Morgan fingerprint density at radius 1 is 1.24 bits per heavy atom. The summed E-state index contributed by atoms with van der Waals surface area (Å²) in [7, 11) is 1.59. The van der Waals surface area contributed by atoms with E-state index in [9.17, 15) is 25.2 Å². The number of carbonyl (C=O) groups is 1. The fourth-order valence-corrected chi connectivity index (χ4v) is 3.52. The van der Waals surface area contributed by atoms with Gasteiger partial charge in [-0.15, -0.1) is 0 Å². The number of carboxylic acid groups (broad SMARTS) is 1. The number of fused-ring (bicyclic) bond motifs is 1. The lowest BCUT2D eigenvalue weighted by molar-refractivity contribution is -0.230. The summed E-state index contributed by atoms with van der Waals surface area (Å²) in [5.41, 5.74) is 4.43. The molecule has 0 amide bonds. The summed E-state index contributed by atoms with van der Waals surface area (Å²) < 4.78 is 10.5. The number of carboxylic acids is 1. The van der Waals surface area contributed by atoms with Gasteiger partial charge in [-0.1, -0.05) is 19.8 Å². The summed E-state index contributed by atoms with van der Waals surface area (Å²) in [6.45, 7) is 2.51. The molecule has 7 N–H and O–H groups in total. The largest absolute Gasteiger partial charge is 0.497 e. The number of benzene rings is 1. The van der Waals surface area contributed by atoms with Gasteiger partial charge < -0.3 is 40.2 Å². The number of nitrogens with zero attached hydrogens (tertiary/aromatic N) is 2. The number of aliphatic imine (C=N–C) groups is 1. The van der Waals surface area contributed by atoms with Gasteiger partial charge in [0.25, 0.3) is 0 Å². The second kappa shape index (κ2) is 11.8. The Morgan fingerprint density at radius 3 is 2.74 bits per heavy atom. The van der Waals surface area contributed by atoms with Crippen LogP contribution in [-0.4, -0.2) is 87.9 Å². The van der Waals surface area contributed by atoms with Crippen LogP contribution in [0.1, 0.15) is 31.7 Å². The molecular formula is C22H31N5O7. The summed E-state index contributed by atoms with van der Waals surface area (Å²) in [5.74, 6) is -0.652. The normalized spacial score (nSPS) is 25.6. The van der Waals surface area contributed by atoms with Crippen molar-refractivity contribution >= 4 is 29.0 Å². The van der Waals surface area contributed by atoms with Gasteiger partial charge in [0, 0.05) is 29.2 Å². The van der Waals surface area contributed by atoms with Gasteiger partial charge in [0.2, 0.25) is 5.96 Å². The smallest absolute Gasteiger partial charge is 0.335 e. The van der Waals surface area contributed by atoms with Crippen molar-refractivity contribution in [1.29, 1.82) is 0 Å². The number of H-pyrrole nitrogens is 1. The van der Waals surface area contributed by atoms with E-state index < -0.39 is 36.6 Å². The van der Waals surface area contributed by atoms with Crippen molar-refractivity contribution in [1.82, 2.24) is 15.7 Å². The van der Waals surface area contributed by atoms with Crippen LogP contribution in [0, 0.1) is 0 Å². The molecule has 2 heterocycles. The van der Waals surface area contributed by atoms with Crippen LogP contribution in [0.2, 0.25) is 0 Å². The third-order valence-corrected chi connectivity index (χ3v) is 5.46. The SMILES string of the molecule is CCCCCN=C(N/N=C/c1c[nH]c2ccc(OC)cc12)N[C@@H]1O[C@H](C(=O)O)[C@@H](O)[C@H](O)[C@H]1O. The maximum Gasteiger partial charge on any atom is 0.335 e. The van der Waals surface area contributed by atoms with Crippen molar-refractivity contribution in [2.45, 2.75) is 56.8 Å². The number of guanidine groups is 1. The average Bonchev–Trinajstić information content (AvgIpc) is 3.23. The molecule has 1 aliphatic heterocycles. The molecule has 1 saturated heterocycles. The monoisotopic (exact) mass is 477 g/mol. The molecule has 0 spiro atoms. The standard InChI is InChI=1S/C22H31N5O7/c1-3-4-5-8-23-22(26-20-18(30)16(28)17(29)19(34-20)21(31)32)27-25-11-12-10-24-15-7-6-13(33-2)9-14(12)15/h6-7,9-11,16-20,24,28-30H,3-5,8H2,1-2H3,(H,31,32)(H2,23,26,27)/b25-11+/t16-,17-,18+,19-,20+/m0/s1. The fourth-order valence-electron chi connectivity index (χ4n) is 3.52. The first kappa shape index (κ1) is 25.4. The number of aliphatic hydroxyl groups is 3. The number of aromatic nitrogens is 1. The number of hydrazone groups is 1. The van der Waals surface area contributed by atoms with Crippen LogP contribution >= 0.6 is 0 Å². The number of hydrogen-bond acceptors (Lipinski definition) is 8. The second-order valence-corrected chi connectivity index (χ2v) is 7.89. The number of unbranched alkanes of at least 4 members (excludes halogenated alkanes) is 2. The van der Waals surface area contributed by atoms with E-state index in [4.69, 9.17) is 9.47 Å². The van der Waals surface area contributed by atoms with E-state index in [-0.39, 0.29) is 5.96 Å². The number of ether oxygens (including phenoxy) is 2. The molecule has 34 heavy (non-hydrogen) atoms. The Hall–Kier alpha value is -3.19. The molecule has 1 aliphatic rings. The van der Waals surface area contributed by atoms with Crippen molar-refractivity contribution in [2.24, 2.45) is 10.1 Å². The first-order chi connectivity index (χ1) is 16.3. The molecule has 2 aromatic rings. The van der Waals surface area contributed by atoms with Crippen LogP contribution in [-0.2, 0) is 9.53 Å². The molecular weight excluding hydrogens is 446 g/mol. The van der Waals surface area contributed by atoms with Crippen molar-refractivity contribution < 1.29 is 34.7 Å². The molecule has 12 heteroatoms. The summed E-state index contributed by atoms with van der Waals surface area (Å²) in [6.07, 6.45) is -2.04. The van der Waals surface area contributed by atoms with E-state index in [0.29, 0.717) is 12.3 Å². The number of aliphatic hydroxyl groups excluding tert-OH is 3. The highest BCUT2D eigenvalue weighted by atomic mass is 16.6. The molecule has 1 aromatic carbocycles. The Kier molecular flexibility index (Phi) is 8.82. The summed E-state index contributed by atoms with van der Waals surface area (Å²) in [4.78, 5) is 18.9. The van der Waals surface area contributed by atoms with Crippen molar-refractivity contribution in [3.63, 3.8) is 0 Å². The molecule has 3 rings (SSSR count). The van der Waals surface area contributed by atoms with Gasteiger partial charge in [0.1, 0.15) is 24.1 Å². The third kappa shape index (κ3) is 6.03. The molecule has 0 bridgehead atoms. The van der Waals surface area contributed by atoms with Crippen LogP contribution in [0.5, 0.6) is 5.75 Å². The molecule has 1 fully saturated rings. The van der Waals surface area contributed by atoms with Crippen molar-refractivity contribution in [2.75, 3.05) is 13.7 Å². The summed E-state index contributed by atoms with van der Waals surface area (Å²) in [6, 6.07) is 5.60. The van der Waals surface area contributed by atoms with Gasteiger partial charge in [-0.3, -0.25) is 4.99 Å². The zero-order chi connectivity index (χ0) is 24.7. The third-order valence-electron chi connectivity index (χ3n) is 5.46. The predicted octanol–water partition coefficient (Wildman–Crippen LogP) is 0.128. The van der Waals surface area contributed by atoms with E-state index in [1.165, 1.54) is 0 Å². The number of nitrogens with one attached hydrogen (secondary N) is 3. The van der Waals surface area contributed by atoms with Crippen molar-refractivity contribution in [3.05, 3.63) is 30.0 Å². The average molecular weight is 478 g/mol.